The van der Waals surface area contributed by atoms with Gasteiger partial charge in [0.2, 0.25) is 0 Å². The molecule has 0 amide bonds. The predicted octanol–water partition coefficient (Wildman–Crippen LogP) is 5.60. The van der Waals surface area contributed by atoms with E-state index in [9.17, 15) is 0 Å². The average Bonchev–Trinajstić information content (AvgIpc) is 2.67. The van der Waals surface area contributed by atoms with Gasteiger partial charge < -0.3 is 0 Å². The monoisotopic (exact) mass is 306 g/mol. The molecule has 2 aromatic heterocycles. The van der Waals surface area contributed by atoms with Gasteiger partial charge in [0.15, 0.2) is 0 Å². The highest BCUT2D eigenvalue weighted by Crippen LogP contribution is 2.37. The van der Waals surface area contributed by atoms with E-state index in [0.29, 0.717) is 0 Å². The molecule has 5 rings (SSSR count). The summed E-state index contributed by atoms with van der Waals surface area (Å²) in [4.78, 5) is 8.80. The molecule has 0 spiro atoms. The number of hydrogen-bond acceptors (Lipinski definition) is 2. The maximum atomic E-state index is 4.50. The fourth-order valence-corrected chi connectivity index (χ4v) is 3.50. The van der Waals surface area contributed by atoms with E-state index in [1.165, 1.54) is 32.5 Å². The zero-order valence-corrected chi connectivity index (χ0v) is 13.0. The van der Waals surface area contributed by atoms with Gasteiger partial charge >= 0.3 is 0 Å². The second-order valence-electron chi connectivity index (χ2n) is 5.94. The van der Waals surface area contributed by atoms with Crippen molar-refractivity contribution in [2.45, 2.75) is 0 Å². The first-order valence-electron chi connectivity index (χ1n) is 8.01. The lowest BCUT2D eigenvalue weighted by molar-refractivity contribution is 1.33. The normalized spacial score (nSPS) is 11.3. The van der Waals surface area contributed by atoms with Gasteiger partial charge in [-0.3, -0.25) is 9.97 Å². The lowest BCUT2D eigenvalue weighted by Crippen LogP contribution is -1.87. The van der Waals surface area contributed by atoms with Crippen LogP contribution in [-0.4, -0.2) is 9.97 Å². The largest absolute Gasteiger partial charge is 0.264 e. The fourth-order valence-electron chi connectivity index (χ4n) is 3.50. The average molecular weight is 306 g/mol. The van der Waals surface area contributed by atoms with Gasteiger partial charge in [0.1, 0.15) is 0 Å². The fraction of sp³-hybridized carbons (Fsp3) is 0. The highest BCUT2D eigenvalue weighted by atomic mass is 14.6. The number of nitrogens with zero attached hydrogens (tertiary/aromatic N) is 2. The van der Waals surface area contributed by atoms with Crippen molar-refractivity contribution in [2.75, 3.05) is 0 Å². The zero-order chi connectivity index (χ0) is 15.9. The molecule has 2 nitrogen and oxygen atoms in total. The van der Waals surface area contributed by atoms with Gasteiger partial charge in [-0.2, -0.15) is 0 Å². The Morgan fingerprint density at radius 3 is 2.25 bits per heavy atom. The third kappa shape index (κ3) is 1.90. The van der Waals surface area contributed by atoms with E-state index in [1.54, 1.807) is 0 Å². The van der Waals surface area contributed by atoms with Crippen LogP contribution in [0.2, 0.25) is 0 Å². The van der Waals surface area contributed by atoms with Gasteiger partial charge in [-0.1, -0.05) is 42.5 Å². The topological polar surface area (TPSA) is 25.8 Å². The van der Waals surface area contributed by atoms with Gasteiger partial charge in [0.25, 0.3) is 0 Å². The summed E-state index contributed by atoms with van der Waals surface area (Å²) in [6, 6.07) is 23.4. The molecule has 24 heavy (non-hydrogen) atoms. The van der Waals surface area contributed by atoms with Crippen LogP contribution in [0.15, 0.2) is 85.3 Å². The Labute approximate surface area is 139 Å². The number of hydrogen-bond donors (Lipinski definition) is 0. The number of pyridine rings is 2. The summed E-state index contributed by atoms with van der Waals surface area (Å²) in [5, 5.41) is 6.20. The molecule has 0 aliphatic rings. The molecule has 0 atom stereocenters. The molecule has 5 aromatic rings. The van der Waals surface area contributed by atoms with Crippen LogP contribution in [0.4, 0.5) is 0 Å². The molecular formula is C22H14N2. The van der Waals surface area contributed by atoms with Crippen LogP contribution in [0.3, 0.4) is 0 Å². The molecule has 0 saturated carbocycles. The zero-order valence-electron chi connectivity index (χ0n) is 13.0. The smallest absolute Gasteiger partial charge is 0.0708 e. The van der Waals surface area contributed by atoms with Crippen LogP contribution in [0.5, 0.6) is 0 Å². The Bertz CT molecular complexity index is 1190. The van der Waals surface area contributed by atoms with E-state index in [0.717, 1.165) is 11.1 Å². The number of rotatable bonds is 1. The lowest BCUT2D eigenvalue weighted by atomic mass is 9.92. The minimum absolute atomic E-state index is 1.03. The summed E-state index contributed by atoms with van der Waals surface area (Å²) >= 11 is 0. The maximum Gasteiger partial charge on any atom is 0.0708 e. The molecule has 0 N–H and O–H groups in total. The Morgan fingerprint density at radius 2 is 1.38 bits per heavy atom. The molecule has 0 aliphatic heterocycles. The van der Waals surface area contributed by atoms with Crippen molar-refractivity contribution in [2.24, 2.45) is 0 Å². The summed E-state index contributed by atoms with van der Waals surface area (Å²) in [6.45, 7) is 0. The second kappa shape index (κ2) is 5.14. The molecule has 0 radical (unpaired) electrons. The van der Waals surface area contributed by atoms with E-state index < -0.39 is 0 Å². The van der Waals surface area contributed by atoms with Gasteiger partial charge in [-0.15, -0.1) is 0 Å². The molecule has 0 saturated heterocycles. The third-order valence-electron chi connectivity index (χ3n) is 4.60. The standard InChI is InChI=1S/C22H14N2/c1-2-7-17-16(6-1)18-9-10-22-19(8-4-12-24-22)21(18)13-20(17)15-5-3-11-23-14-15/h1-14H. The molecule has 0 aliphatic carbocycles. The van der Waals surface area contributed by atoms with E-state index in [-0.39, 0.29) is 0 Å². The van der Waals surface area contributed by atoms with Crippen molar-refractivity contribution in [3.63, 3.8) is 0 Å². The maximum absolute atomic E-state index is 4.50. The van der Waals surface area contributed by atoms with Gasteiger partial charge in [0, 0.05) is 29.5 Å². The summed E-state index contributed by atoms with van der Waals surface area (Å²) < 4.78 is 0. The van der Waals surface area contributed by atoms with Crippen LogP contribution < -0.4 is 0 Å². The second-order valence-corrected chi connectivity index (χ2v) is 5.94. The van der Waals surface area contributed by atoms with E-state index in [4.69, 9.17) is 0 Å². The number of fused-ring (bicyclic) bond motifs is 5. The van der Waals surface area contributed by atoms with Crippen molar-refractivity contribution in [3.05, 3.63) is 85.3 Å². The molecule has 0 bridgehead atoms. The SMILES string of the molecule is c1cncc(-c2cc3c4cccnc4ccc3c3ccccc23)c1. The highest BCUT2D eigenvalue weighted by molar-refractivity contribution is 6.20. The molecule has 2 heteroatoms. The molecule has 0 fully saturated rings. The van der Waals surface area contributed by atoms with Crippen LogP contribution >= 0.6 is 0 Å². The lowest BCUT2D eigenvalue weighted by Gasteiger charge is -2.12. The van der Waals surface area contributed by atoms with Crippen molar-refractivity contribution in [3.8, 4) is 11.1 Å². The first-order valence-corrected chi connectivity index (χ1v) is 8.01. The van der Waals surface area contributed by atoms with Gasteiger partial charge in [-0.25, -0.2) is 0 Å². The van der Waals surface area contributed by atoms with E-state index >= 15 is 0 Å². The predicted molar refractivity (Wildman–Crippen MR) is 100.0 cm³/mol. The molecule has 3 aromatic carbocycles. The summed E-state index contributed by atoms with van der Waals surface area (Å²) in [5.74, 6) is 0. The Balaban J connectivity index is 2.02. The molecule has 0 unspecified atom stereocenters. The first-order chi connectivity index (χ1) is 11.9. The summed E-state index contributed by atoms with van der Waals surface area (Å²) in [7, 11) is 0. The molecule has 2 heterocycles. The minimum Gasteiger partial charge on any atom is -0.264 e. The van der Waals surface area contributed by atoms with Gasteiger partial charge in [-0.05, 0) is 51.4 Å². The van der Waals surface area contributed by atoms with Crippen LogP contribution in [0.1, 0.15) is 0 Å². The van der Waals surface area contributed by atoms with Crippen LogP contribution in [0.25, 0.3) is 43.6 Å². The van der Waals surface area contributed by atoms with E-state index in [2.05, 4.69) is 64.6 Å². The molecular weight excluding hydrogens is 292 g/mol. The van der Waals surface area contributed by atoms with Crippen molar-refractivity contribution >= 4 is 32.4 Å². The number of benzene rings is 3. The Hall–Kier alpha value is -3.26. The summed E-state index contributed by atoms with van der Waals surface area (Å²) in [5.41, 5.74) is 3.37. The molecule has 112 valence electrons. The third-order valence-corrected chi connectivity index (χ3v) is 4.60. The number of aromatic nitrogens is 2. The summed E-state index contributed by atoms with van der Waals surface area (Å²) in [6.07, 6.45) is 5.58. The Morgan fingerprint density at radius 1 is 0.583 bits per heavy atom. The van der Waals surface area contributed by atoms with Crippen molar-refractivity contribution in [1.29, 1.82) is 0 Å². The van der Waals surface area contributed by atoms with E-state index in [1.807, 2.05) is 30.7 Å². The highest BCUT2D eigenvalue weighted by Gasteiger charge is 2.10. The van der Waals surface area contributed by atoms with Crippen molar-refractivity contribution < 1.29 is 0 Å². The van der Waals surface area contributed by atoms with Gasteiger partial charge in [0.05, 0.1) is 5.52 Å². The van der Waals surface area contributed by atoms with Crippen LogP contribution in [0, 0.1) is 0 Å². The quantitative estimate of drug-likeness (QED) is 0.376. The minimum atomic E-state index is 1.03. The van der Waals surface area contributed by atoms with Crippen molar-refractivity contribution in [1.82, 2.24) is 9.97 Å². The van der Waals surface area contributed by atoms with Crippen LogP contribution in [-0.2, 0) is 0 Å². The Kier molecular flexibility index (Phi) is 2.83. The first kappa shape index (κ1) is 13.2.